The van der Waals surface area contributed by atoms with Crippen LogP contribution in [0.25, 0.3) is 10.9 Å². The minimum Gasteiger partial charge on any atom is -0.379 e. The summed E-state index contributed by atoms with van der Waals surface area (Å²) in [5.74, 6) is -1.16. The van der Waals surface area contributed by atoms with Crippen molar-refractivity contribution >= 4 is 28.5 Å². The maximum absolute atomic E-state index is 12.9. The molecule has 0 saturated carbocycles. The fourth-order valence-corrected chi connectivity index (χ4v) is 3.92. The summed E-state index contributed by atoms with van der Waals surface area (Å²) in [6.07, 6.45) is 6.81. The first-order chi connectivity index (χ1) is 15.0. The van der Waals surface area contributed by atoms with E-state index in [0.29, 0.717) is 30.5 Å². The van der Waals surface area contributed by atoms with Crippen molar-refractivity contribution in [3.05, 3.63) is 36.0 Å². The molecule has 0 aliphatic carbocycles. The zero-order valence-corrected chi connectivity index (χ0v) is 18.6. The van der Waals surface area contributed by atoms with Crippen molar-refractivity contribution in [2.45, 2.75) is 58.6 Å². The molecule has 1 saturated heterocycles. The number of nitrogens with one attached hydrogen (secondary N) is 1. The van der Waals surface area contributed by atoms with Gasteiger partial charge in [0, 0.05) is 43.3 Å². The average molecular weight is 428 g/mol. The number of likely N-dealkylation sites (tertiary alicyclic amines) is 1. The Morgan fingerprint density at radius 1 is 1.06 bits per heavy atom. The molecule has 2 heterocycles. The highest BCUT2D eigenvalue weighted by molar-refractivity contribution is 6.45. The Balaban J connectivity index is 1.69. The molecule has 1 aliphatic rings. The number of rotatable bonds is 9. The third-order valence-electron chi connectivity index (χ3n) is 5.56. The molecule has 7 heteroatoms. The lowest BCUT2D eigenvalue weighted by molar-refractivity contribution is -0.131. The quantitative estimate of drug-likeness (QED) is 0.379. The number of benzene rings is 1. The first kappa shape index (κ1) is 23.0. The Bertz CT molecular complexity index is 911. The van der Waals surface area contributed by atoms with E-state index in [1.54, 1.807) is 10.8 Å². The zero-order valence-electron chi connectivity index (χ0n) is 18.6. The van der Waals surface area contributed by atoms with Crippen LogP contribution in [0.5, 0.6) is 0 Å². The summed E-state index contributed by atoms with van der Waals surface area (Å²) in [5, 5.41) is 3.36. The standard InChI is InChI=1S/C24H33N3O4/c1-18(2)31-15-9-12-25-24(30)23(29)20-16-27(21-11-6-5-10-19(20)21)17-22(28)26-13-7-3-4-8-14-26/h5-6,10-11,16,18H,3-4,7-9,12-15,17H2,1-2H3,(H,25,30). The molecule has 3 rings (SSSR count). The summed E-state index contributed by atoms with van der Waals surface area (Å²) in [4.78, 5) is 40.0. The van der Waals surface area contributed by atoms with Crippen molar-refractivity contribution in [1.82, 2.24) is 14.8 Å². The van der Waals surface area contributed by atoms with E-state index < -0.39 is 11.7 Å². The van der Waals surface area contributed by atoms with Gasteiger partial charge in [0.15, 0.2) is 0 Å². The van der Waals surface area contributed by atoms with Crippen LogP contribution in [0.2, 0.25) is 0 Å². The topological polar surface area (TPSA) is 80.6 Å². The highest BCUT2D eigenvalue weighted by atomic mass is 16.5. The van der Waals surface area contributed by atoms with E-state index in [2.05, 4.69) is 5.32 Å². The largest absolute Gasteiger partial charge is 0.379 e. The van der Waals surface area contributed by atoms with E-state index in [9.17, 15) is 14.4 Å². The molecular formula is C24H33N3O4. The van der Waals surface area contributed by atoms with Crippen molar-refractivity contribution in [3.63, 3.8) is 0 Å². The summed E-state index contributed by atoms with van der Waals surface area (Å²) in [6, 6.07) is 7.40. The molecule has 2 amide bonds. The Morgan fingerprint density at radius 3 is 2.48 bits per heavy atom. The van der Waals surface area contributed by atoms with E-state index in [1.165, 1.54) is 0 Å². The minimum atomic E-state index is -0.633. The van der Waals surface area contributed by atoms with E-state index in [-0.39, 0.29) is 18.6 Å². The van der Waals surface area contributed by atoms with Gasteiger partial charge in [0.1, 0.15) is 6.54 Å². The summed E-state index contributed by atoms with van der Waals surface area (Å²) in [5.41, 5.74) is 1.11. The Labute approximate surface area is 183 Å². The lowest BCUT2D eigenvalue weighted by Crippen LogP contribution is -2.34. The second-order valence-electron chi connectivity index (χ2n) is 8.34. The molecule has 0 atom stereocenters. The lowest BCUT2D eigenvalue weighted by atomic mass is 10.1. The Hall–Kier alpha value is -2.67. The molecule has 2 aromatic rings. The number of hydrogen-bond acceptors (Lipinski definition) is 4. The number of hydrogen-bond donors (Lipinski definition) is 1. The molecule has 1 aromatic heterocycles. The van der Waals surface area contributed by atoms with E-state index in [1.807, 2.05) is 43.0 Å². The zero-order chi connectivity index (χ0) is 22.2. The van der Waals surface area contributed by atoms with Crippen molar-refractivity contribution < 1.29 is 19.1 Å². The summed E-state index contributed by atoms with van der Waals surface area (Å²) in [6.45, 7) is 6.56. The monoisotopic (exact) mass is 427 g/mol. The third-order valence-corrected chi connectivity index (χ3v) is 5.56. The number of aromatic nitrogens is 1. The summed E-state index contributed by atoms with van der Waals surface area (Å²) < 4.78 is 7.24. The Kier molecular flexibility index (Phi) is 8.23. The molecule has 0 radical (unpaired) electrons. The van der Waals surface area contributed by atoms with Crippen LogP contribution in [-0.4, -0.2) is 59.4 Å². The van der Waals surface area contributed by atoms with Crippen molar-refractivity contribution in [2.75, 3.05) is 26.2 Å². The SMILES string of the molecule is CC(C)OCCCNC(=O)C(=O)c1cn(CC(=O)N2CCCCCC2)c2ccccc12. The van der Waals surface area contributed by atoms with Gasteiger partial charge in [-0.15, -0.1) is 0 Å². The van der Waals surface area contributed by atoms with Crippen LogP contribution in [0.3, 0.4) is 0 Å². The van der Waals surface area contributed by atoms with Crippen molar-refractivity contribution in [3.8, 4) is 0 Å². The first-order valence-corrected chi connectivity index (χ1v) is 11.3. The minimum absolute atomic E-state index is 0.0521. The number of carbonyl (C=O) groups excluding carboxylic acids is 3. The predicted molar refractivity (Wildman–Crippen MR) is 120 cm³/mol. The second kappa shape index (κ2) is 11.1. The molecule has 1 fully saturated rings. The fraction of sp³-hybridized carbons (Fsp3) is 0.542. The number of amides is 2. The molecule has 7 nitrogen and oxygen atoms in total. The molecule has 1 N–H and O–H groups in total. The van der Waals surface area contributed by atoms with E-state index in [4.69, 9.17) is 4.74 Å². The second-order valence-corrected chi connectivity index (χ2v) is 8.34. The van der Waals surface area contributed by atoms with E-state index >= 15 is 0 Å². The highest BCUT2D eigenvalue weighted by Gasteiger charge is 2.23. The number of nitrogens with zero attached hydrogens (tertiary/aromatic N) is 2. The average Bonchev–Trinajstić information content (AvgIpc) is 2.92. The highest BCUT2D eigenvalue weighted by Crippen LogP contribution is 2.22. The van der Waals surface area contributed by atoms with Crippen LogP contribution < -0.4 is 5.32 Å². The van der Waals surface area contributed by atoms with Gasteiger partial charge >= 0.3 is 0 Å². The predicted octanol–water partition coefficient (Wildman–Crippen LogP) is 3.16. The van der Waals surface area contributed by atoms with Gasteiger partial charge in [0.05, 0.1) is 11.7 Å². The van der Waals surface area contributed by atoms with Crippen LogP contribution in [-0.2, 0) is 20.9 Å². The molecule has 0 bridgehead atoms. The smallest absolute Gasteiger partial charge is 0.292 e. The number of carbonyl (C=O) groups is 3. The summed E-state index contributed by atoms with van der Waals surface area (Å²) in [7, 11) is 0. The third kappa shape index (κ3) is 6.17. The number of ether oxygens (including phenoxy) is 1. The molecule has 1 aromatic carbocycles. The van der Waals surface area contributed by atoms with Crippen LogP contribution in [0.1, 0.15) is 56.3 Å². The van der Waals surface area contributed by atoms with Gasteiger partial charge in [-0.2, -0.15) is 0 Å². The molecule has 168 valence electrons. The molecular weight excluding hydrogens is 394 g/mol. The van der Waals surface area contributed by atoms with Crippen LogP contribution >= 0.6 is 0 Å². The molecule has 0 unspecified atom stereocenters. The lowest BCUT2D eigenvalue weighted by Gasteiger charge is -2.20. The number of fused-ring (bicyclic) bond motifs is 1. The normalized spacial score (nSPS) is 14.6. The van der Waals surface area contributed by atoms with Gasteiger partial charge in [-0.3, -0.25) is 14.4 Å². The maximum Gasteiger partial charge on any atom is 0.292 e. The maximum atomic E-state index is 12.9. The van der Waals surface area contributed by atoms with Crippen LogP contribution in [0.15, 0.2) is 30.5 Å². The summed E-state index contributed by atoms with van der Waals surface area (Å²) >= 11 is 0. The Morgan fingerprint density at radius 2 is 1.77 bits per heavy atom. The number of Topliss-reactive ketones (excluding diaryl/α,β-unsaturated/α-hetero) is 1. The number of ketones is 1. The first-order valence-electron chi connectivity index (χ1n) is 11.3. The van der Waals surface area contributed by atoms with Gasteiger partial charge < -0.3 is 19.5 Å². The van der Waals surface area contributed by atoms with Crippen LogP contribution in [0, 0.1) is 0 Å². The fourth-order valence-electron chi connectivity index (χ4n) is 3.92. The molecule has 0 spiro atoms. The molecule has 31 heavy (non-hydrogen) atoms. The van der Waals surface area contributed by atoms with Gasteiger partial charge in [-0.05, 0) is 39.2 Å². The van der Waals surface area contributed by atoms with Gasteiger partial charge in [0.25, 0.3) is 11.7 Å². The molecule has 1 aliphatic heterocycles. The van der Waals surface area contributed by atoms with Crippen molar-refractivity contribution in [2.24, 2.45) is 0 Å². The van der Waals surface area contributed by atoms with Gasteiger partial charge in [0.2, 0.25) is 5.91 Å². The van der Waals surface area contributed by atoms with Gasteiger partial charge in [-0.1, -0.05) is 31.0 Å². The van der Waals surface area contributed by atoms with E-state index in [0.717, 1.165) is 44.3 Å². The van der Waals surface area contributed by atoms with Gasteiger partial charge in [-0.25, -0.2) is 0 Å². The van der Waals surface area contributed by atoms with Crippen molar-refractivity contribution in [1.29, 1.82) is 0 Å². The number of para-hydroxylation sites is 1. The van der Waals surface area contributed by atoms with Crippen LogP contribution in [0.4, 0.5) is 0 Å².